The molecule has 4 rings (SSSR count). The Kier molecular flexibility index (Phi) is 4.73. The molecular formula is C20H19ClN4O2. The van der Waals surface area contributed by atoms with Crippen molar-refractivity contribution in [3.8, 4) is 5.75 Å². The molecule has 2 N–H and O–H groups in total. The smallest absolute Gasteiger partial charge is 0.322 e. The van der Waals surface area contributed by atoms with E-state index in [0.29, 0.717) is 23.8 Å². The number of hydrogen-bond donors (Lipinski definition) is 2. The number of aromatic nitrogens is 1. The first kappa shape index (κ1) is 17.4. The lowest BCUT2D eigenvalue weighted by atomic mass is 10.1. The third-order valence-corrected chi connectivity index (χ3v) is 4.97. The Bertz CT molecular complexity index is 987. The standard InChI is InChI=1S/C20H19ClN4O2/c21-14-5-6-15-17(13-14)22-8-7-18(15)24-9-11-25(12-10-24)20(27)23-16-3-1-2-4-19(16)26/h1-8,13,26H,9-12H2,(H,23,27). The molecule has 1 aromatic heterocycles. The summed E-state index contributed by atoms with van der Waals surface area (Å²) < 4.78 is 0. The normalized spacial score (nSPS) is 14.4. The van der Waals surface area contributed by atoms with Crippen LogP contribution in [0.5, 0.6) is 5.75 Å². The molecule has 2 amide bonds. The van der Waals surface area contributed by atoms with Gasteiger partial charge in [0.25, 0.3) is 0 Å². The van der Waals surface area contributed by atoms with Crippen LogP contribution in [0.25, 0.3) is 10.9 Å². The molecule has 0 bridgehead atoms. The lowest BCUT2D eigenvalue weighted by Crippen LogP contribution is -2.50. The third kappa shape index (κ3) is 3.61. The van der Waals surface area contributed by atoms with Crippen LogP contribution >= 0.6 is 11.6 Å². The molecule has 2 heterocycles. The molecule has 0 aliphatic carbocycles. The van der Waals surface area contributed by atoms with Gasteiger partial charge in [0.2, 0.25) is 0 Å². The summed E-state index contributed by atoms with van der Waals surface area (Å²) in [6.07, 6.45) is 1.78. The summed E-state index contributed by atoms with van der Waals surface area (Å²) in [7, 11) is 0. The number of benzene rings is 2. The Balaban J connectivity index is 1.45. The maximum atomic E-state index is 12.5. The topological polar surface area (TPSA) is 68.7 Å². The summed E-state index contributed by atoms with van der Waals surface area (Å²) in [6.45, 7) is 2.62. The second-order valence-electron chi connectivity index (χ2n) is 6.41. The number of amides is 2. The Morgan fingerprint density at radius 3 is 2.63 bits per heavy atom. The number of carbonyl (C=O) groups is 1. The van der Waals surface area contributed by atoms with Crippen LogP contribution in [0.1, 0.15) is 0 Å². The average Bonchev–Trinajstić information content (AvgIpc) is 2.69. The van der Waals surface area contributed by atoms with E-state index in [-0.39, 0.29) is 11.8 Å². The van der Waals surface area contributed by atoms with Crippen LogP contribution in [-0.2, 0) is 0 Å². The predicted octanol–water partition coefficient (Wildman–Crippen LogP) is 3.95. The van der Waals surface area contributed by atoms with Gasteiger partial charge in [-0.25, -0.2) is 4.79 Å². The van der Waals surface area contributed by atoms with Crippen LogP contribution in [0.15, 0.2) is 54.7 Å². The monoisotopic (exact) mass is 382 g/mol. The van der Waals surface area contributed by atoms with Crippen LogP contribution < -0.4 is 10.2 Å². The number of phenolic OH excluding ortho intramolecular Hbond substituents is 1. The van der Waals surface area contributed by atoms with Gasteiger partial charge in [-0.1, -0.05) is 23.7 Å². The maximum Gasteiger partial charge on any atom is 0.322 e. The van der Waals surface area contributed by atoms with Gasteiger partial charge in [0.15, 0.2) is 0 Å². The van der Waals surface area contributed by atoms with Gasteiger partial charge >= 0.3 is 6.03 Å². The molecule has 1 saturated heterocycles. The van der Waals surface area contributed by atoms with Crippen molar-refractivity contribution in [2.24, 2.45) is 0 Å². The van der Waals surface area contributed by atoms with E-state index in [9.17, 15) is 9.90 Å². The van der Waals surface area contributed by atoms with Crippen molar-refractivity contribution in [1.82, 2.24) is 9.88 Å². The number of urea groups is 1. The Hall–Kier alpha value is -2.99. The minimum atomic E-state index is -0.206. The van der Waals surface area contributed by atoms with E-state index in [0.717, 1.165) is 29.7 Å². The quantitative estimate of drug-likeness (QED) is 0.658. The largest absolute Gasteiger partial charge is 0.506 e. The highest BCUT2D eigenvalue weighted by molar-refractivity contribution is 6.31. The summed E-state index contributed by atoms with van der Waals surface area (Å²) in [6, 6.07) is 14.2. The van der Waals surface area contributed by atoms with Crippen molar-refractivity contribution in [3.63, 3.8) is 0 Å². The Labute approximate surface area is 162 Å². The zero-order valence-corrected chi connectivity index (χ0v) is 15.4. The summed E-state index contributed by atoms with van der Waals surface area (Å²) in [5, 5.41) is 14.3. The van der Waals surface area contributed by atoms with Crippen LogP contribution in [0.4, 0.5) is 16.2 Å². The lowest BCUT2D eigenvalue weighted by Gasteiger charge is -2.36. The number of hydrogen-bond acceptors (Lipinski definition) is 4. The molecule has 7 heteroatoms. The highest BCUT2D eigenvalue weighted by Gasteiger charge is 2.23. The molecule has 6 nitrogen and oxygen atoms in total. The molecule has 0 atom stereocenters. The minimum absolute atomic E-state index is 0.0615. The van der Waals surface area contributed by atoms with E-state index >= 15 is 0 Å². The number of para-hydroxylation sites is 2. The number of nitrogens with one attached hydrogen (secondary N) is 1. The number of carbonyl (C=O) groups excluding carboxylic acids is 1. The van der Waals surface area contributed by atoms with Gasteiger partial charge in [0.1, 0.15) is 5.75 Å². The van der Waals surface area contributed by atoms with E-state index in [2.05, 4.69) is 15.2 Å². The fraction of sp³-hybridized carbons (Fsp3) is 0.200. The van der Waals surface area contributed by atoms with Crippen LogP contribution in [0, 0.1) is 0 Å². The molecule has 0 saturated carbocycles. The van der Waals surface area contributed by atoms with E-state index in [1.165, 1.54) is 0 Å². The molecule has 138 valence electrons. The van der Waals surface area contributed by atoms with Gasteiger partial charge in [-0.2, -0.15) is 0 Å². The molecule has 3 aromatic rings. The molecule has 1 aliphatic heterocycles. The third-order valence-electron chi connectivity index (χ3n) is 4.73. The highest BCUT2D eigenvalue weighted by Crippen LogP contribution is 2.28. The predicted molar refractivity (Wildman–Crippen MR) is 108 cm³/mol. The first-order valence-corrected chi connectivity index (χ1v) is 9.13. The number of anilines is 2. The lowest BCUT2D eigenvalue weighted by molar-refractivity contribution is 0.208. The number of aromatic hydroxyl groups is 1. The Morgan fingerprint density at radius 2 is 1.85 bits per heavy atom. The average molecular weight is 383 g/mol. The van der Waals surface area contributed by atoms with Crippen LogP contribution in [0.3, 0.4) is 0 Å². The minimum Gasteiger partial charge on any atom is -0.506 e. The second-order valence-corrected chi connectivity index (χ2v) is 6.85. The van der Waals surface area contributed by atoms with Gasteiger partial charge < -0.3 is 20.2 Å². The zero-order valence-electron chi connectivity index (χ0n) is 14.6. The maximum absolute atomic E-state index is 12.5. The van der Waals surface area contributed by atoms with Crippen molar-refractivity contribution in [1.29, 1.82) is 0 Å². The first-order chi connectivity index (χ1) is 13.1. The first-order valence-electron chi connectivity index (χ1n) is 8.75. The van der Waals surface area contributed by atoms with Crippen LogP contribution in [-0.4, -0.2) is 47.2 Å². The zero-order chi connectivity index (χ0) is 18.8. The summed E-state index contributed by atoms with van der Waals surface area (Å²) in [4.78, 5) is 20.9. The number of pyridine rings is 1. The molecule has 0 radical (unpaired) electrons. The van der Waals surface area contributed by atoms with E-state index < -0.39 is 0 Å². The fourth-order valence-electron chi connectivity index (χ4n) is 3.31. The van der Waals surface area contributed by atoms with Crippen molar-refractivity contribution in [3.05, 3.63) is 59.8 Å². The van der Waals surface area contributed by atoms with E-state index in [4.69, 9.17) is 11.6 Å². The molecule has 27 heavy (non-hydrogen) atoms. The van der Waals surface area contributed by atoms with Gasteiger partial charge in [-0.3, -0.25) is 4.98 Å². The number of fused-ring (bicyclic) bond motifs is 1. The molecule has 1 aliphatic rings. The number of rotatable bonds is 2. The van der Waals surface area contributed by atoms with Gasteiger partial charge in [0.05, 0.1) is 11.2 Å². The van der Waals surface area contributed by atoms with E-state index in [1.807, 2.05) is 24.3 Å². The number of piperazine rings is 1. The SMILES string of the molecule is O=C(Nc1ccccc1O)N1CCN(c2ccnc3cc(Cl)ccc23)CC1. The number of phenols is 1. The highest BCUT2D eigenvalue weighted by atomic mass is 35.5. The second kappa shape index (κ2) is 7.32. The van der Waals surface area contributed by atoms with Crippen molar-refractivity contribution in [2.45, 2.75) is 0 Å². The van der Waals surface area contributed by atoms with E-state index in [1.54, 1.807) is 35.4 Å². The number of nitrogens with zero attached hydrogens (tertiary/aromatic N) is 3. The molecule has 1 fully saturated rings. The summed E-state index contributed by atoms with van der Waals surface area (Å²) >= 11 is 6.07. The molecule has 0 unspecified atom stereocenters. The molecule has 2 aromatic carbocycles. The Morgan fingerprint density at radius 1 is 1.07 bits per heavy atom. The van der Waals surface area contributed by atoms with Crippen LogP contribution in [0.2, 0.25) is 5.02 Å². The van der Waals surface area contributed by atoms with Gasteiger partial charge in [-0.15, -0.1) is 0 Å². The fourth-order valence-corrected chi connectivity index (χ4v) is 3.47. The summed E-state index contributed by atoms with van der Waals surface area (Å²) in [5.41, 5.74) is 2.37. The molecule has 0 spiro atoms. The number of halogens is 1. The summed E-state index contributed by atoms with van der Waals surface area (Å²) in [5.74, 6) is 0.0615. The van der Waals surface area contributed by atoms with Gasteiger partial charge in [-0.05, 0) is 36.4 Å². The van der Waals surface area contributed by atoms with Crippen molar-refractivity contribution < 1.29 is 9.90 Å². The van der Waals surface area contributed by atoms with Gasteiger partial charge in [0, 0.05) is 48.5 Å². The molecular weight excluding hydrogens is 364 g/mol. The van der Waals surface area contributed by atoms with Crippen molar-refractivity contribution >= 4 is 39.9 Å². The van der Waals surface area contributed by atoms with Crippen molar-refractivity contribution in [2.75, 3.05) is 36.4 Å².